The largest absolute Gasteiger partial charge is 0.490 e. The Kier molecular flexibility index (Phi) is 4.74. The second kappa shape index (κ2) is 6.96. The maximum absolute atomic E-state index is 11.7. The van der Waals surface area contributed by atoms with Gasteiger partial charge in [0.15, 0.2) is 0 Å². The maximum atomic E-state index is 11.7. The van der Waals surface area contributed by atoms with Crippen LogP contribution in [0.1, 0.15) is 37.0 Å². The average Bonchev–Trinajstić information content (AvgIpc) is 2.97. The summed E-state index contributed by atoms with van der Waals surface area (Å²) < 4.78 is 11.5. The fourth-order valence-electron chi connectivity index (χ4n) is 2.82. The maximum Gasteiger partial charge on any atom is 0.252 e. The van der Waals surface area contributed by atoms with Gasteiger partial charge in [-0.15, -0.1) is 0 Å². The van der Waals surface area contributed by atoms with Crippen LogP contribution in [0.25, 0.3) is 10.8 Å². The van der Waals surface area contributed by atoms with E-state index in [1.807, 2.05) is 13.8 Å². The number of ether oxygens (including phenoxy) is 2. The highest BCUT2D eigenvalue weighted by Gasteiger charge is 2.22. The number of hydrogen-bond donors (Lipinski definition) is 2. The average molecular weight is 343 g/mol. The van der Waals surface area contributed by atoms with Gasteiger partial charge in [-0.05, 0) is 43.9 Å². The zero-order chi connectivity index (χ0) is 18.0. The second-order valence-electron chi connectivity index (χ2n) is 6.33. The highest BCUT2D eigenvalue weighted by atomic mass is 16.5. The number of carbonyl (C=O) groups is 2. The lowest BCUT2D eigenvalue weighted by Crippen LogP contribution is -2.31. The van der Waals surface area contributed by atoms with E-state index in [2.05, 4.69) is 10.3 Å². The Balaban J connectivity index is 1.93. The zero-order valence-electron chi connectivity index (χ0n) is 14.2. The minimum absolute atomic E-state index is 0.0131. The van der Waals surface area contributed by atoms with Crippen molar-refractivity contribution in [2.45, 2.75) is 38.8 Å². The van der Waals surface area contributed by atoms with Crippen LogP contribution in [0.2, 0.25) is 0 Å². The molecule has 0 spiro atoms. The Bertz CT molecular complexity index is 819. The molecular formula is C18H21N3O4. The molecule has 3 N–H and O–H groups in total. The van der Waals surface area contributed by atoms with Gasteiger partial charge in [0.25, 0.3) is 5.91 Å². The SMILES string of the molecule is CC(C)Oc1cc2c(OC[C@H]3CCC(=O)N3)nccc2cc1C(N)=O. The van der Waals surface area contributed by atoms with Crippen molar-refractivity contribution in [1.29, 1.82) is 0 Å². The van der Waals surface area contributed by atoms with Crippen LogP contribution in [0.3, 0.4) is 0 Å². The van der Waals surface area contributed by atoms with Crippen LogP contribution in [0.4, 0.5) is 0 Å². The molecule has 1 aromatic heterocycles. The first-order chi connectivity index (χ1) is 11.9. The highest BCUT2D eigenvalue weighted by molar-refractivity contribution is 6.01. The van der Waals surface area contributed by atoms with E-state index in [-0.39, 0.29) is 18.1 Å². The molecule has 0 aliphatic carbocycles. The molecular weight excluding hydrogens is 322 g/mol. The number of nitrogens with two attached hydrogens (primary N) is 1. The standard InChI is InChI=1S/C18H21N3O4/c1-10(2)25-15-8-13-11(7-14(15)17(19)23)5-6-20-18(13)24-9-12-3-4-16(22)21-12/h5-8,10,12H,3-4,9H2,1-2H3,(H2,19,23)(H,21,22)/t12-/m1/s1. The number of primary amides is 1. The third-order valence-electron chi connectivity index (χ3n) is 3.96. The number of carbonyl (C=O) groups excluding carboxylic acids is 2. The molecule has 2 aromatic rings. The van der Waals surface area contributed by atoms with Gasteiger partial charge < -0.3 is 20.5 Å². The van der Waals surface area contributed by atoms with Crippen LogP contribution < -0.4 is 20.5 Å². The van der Waals surface area contributed by atoms with Gasteiger partial charge in [0.05, 0.1) is 17.7 Å². The molecule has 1 aliphatic rings. The van der Waals surface area contributed by atoms with Crippen molar-refractivity contribution >= 4 is 22.6 Å². The van der Waals surface area contributed by atoms with Crippen LogP contribution in [-0.2, 0) is 4.79 Å². The van der Waals surface area contributed by atoms with Crippen LogP contribution in [0.15, 0.2) is 24.4 Å². The van der Waals surface area contributed by atoms with Crippen LogP contribution in [-0.4, -0.2) is 35.6 Å². The summed E-state index contributed by atoms with van der Waals surface area (Å²) in [6.45, 7) is 4.09. The van der Waals surface area contributed by atoms with E-state index in [1.54, 1.807) is 24.4 Å². The van der Waals surface area contributed by atoms with Crippen LogP contribution in [0, 0.1) is 0 Å². The summed E-state index contributed by atoms with van der Waals surface area (Å²) in [5.74, 6) is 0.328. The number of fused-ring (bicyclic) bond motifs is 1. The minimum Gasteiger partial charge on any atom is -0.490 e. The lowest BCUT2D eigenvalue weighted by Gasteiger charge is -2.16. The van der Waals surface area contributed by atoms with Gasteiger partial charge in [-0.3, -0.25) is 9.59 Å². The van der Waals surface area contributed by atoms with E-state index in [9.17, 15) is 9.59 Å². The molecule has 1 aliphatic heterocycles. The van der Waals surface area contributed by atoms with Gasteiger partial charge in [0.2, 0.25) is 11.8 Å². The van der Waals surface area contributed by atoms with Gasteiger partial charge >= 0.3 is 0 Å². The first-order valence-corrected chi connectivity index (χ1v) is 8.25. The Morgan fingerprint density at radius 2 is 2.24 bits per heavy atom. The minimum atomic E-state index is -0.550. The van der Waals surface area contributed by atoms with Crippen molar-refractivity contribution in [3.05, 3.63) is 30.0 Å². The number of rotatable bonds is 6. The monoisotopic (exact) mass is 343 g/mol. The third-order valence-corrected chi connectivity index (χ3v) is 3.96. The normalized spacial score (nSPS) is 16.9. The molecule has 1 atom stereocenters. The summed E-state index contributed by atoms with van der Waals surface area (Å²) in [5, 5.41) is 4.37. The van der Waals surface area contributed by atoms with E-state index in [0.29, 0.717) is 30.2 Å². The van der Waals surface area contributed by atoms with E-state index in [1.165, 1.54) is 0 Å². The number of hydrogen-bond acceptors (Lipinski definition) is 5. The number of nitrogens with zero attached hydrogens (tertiary/aromatic N) is 1. The van der Waals surface area contributed by atoms with Gasteiger partial charge in [0.1, 0.15) is 12.4 Å². The fraction of sp³-hybridized carbons (Fsp3) is 0.389. The number of amides is 2. The Hall–Kier alpha value is -2.83. The Labute approximate surface area is 145 Å². The molecule has 0 saturated carbocycles. The molecule has 0 bridgehead atoms. The Morgan fingerprint density at radius 3 is 2.88 bits per heavy atom. The predicted molar refractivity (Wildman–Crippen MR) is 92.7 cm³/mol. The van der Waals surface area contributed by atoms with Crippen molar-refractivity contribution in [2.75, 3.05) is 6.61 Å². The van der Waals surface area contributed by atoms with E-state index < -0.39 is 5.91 Å². The molecule has 3 rings (SSSR count). The Morgan fingerprint density at radius 1 is 1.44 bits per heavy atom. The fourth-order valence-corrected chi connectivity index (χ4v) is 2.82. The van der Waals surface area contributed by atoms with Crippen molar-refractivity contribution < 1.29 is 19.1 Å². The summed E-state index contributed by atoms with van der Waals surface area (Å²) in [6, 6.07) is 5.18. The molecule has 1 fully saturated rings. The lowest BCUT2D eigenvalue weighted by atomic mass is 10.1. The van der Waals surface area contributed by atoms with Gasteiger partial charge in [-0.25, -0.2) is 4.98 Å². The summed E-state index contributed by atoms with van der Waals surface area (Å²) in [4.78, 5) is 27.3. The summed E-state index contributed by atoms with van der Waals surface area (Å²) >= 11 is 0. The number of benzene rings is 1. The molecule has 1 saturated heterocycles. The number of aromatic nitrogens is 1. The first kappa shape index (κ1) is 17.0. The molecule has 0 unspecified atom stereocenters. The van der Waals surface area contributed by atoms with E-state index in [4.69, 9.17) is 15.2 Å². The third kappa shape index (κ3) is 3.81. The molecule has 7 heteroatoms. The quantitative estimate of drug-likeness (QED) is 0.832. The predicted octanol–water partition coefficient (Wildman–Crippen LogP) is 1.78. The van der Waals surface area contributed by atoms with Gasteiger partial charge in [-0.2, -0.15) is 0 Å². The summed E-state index contributed by atoms with van der Waals surface area (Å²) in [7, 11) is 0. The smallest absolute Gasteiger partial charge is 0.252 e. The number of nitrogens with one attached hydrogen (secondary N) is 1. The van der Waals surface area contributed by atoms with E-state index in [0.717, 1.165) is 17.2 Å². The van der Waals surface area contributed by atoms with Crippen molar-refractivity contribution in [1.82, 2.24) is 10.3 Å². The number of pyridine rings is 1. The van der Waals surface area contributed by atoms with Gasteiger partial charge in [-0.1, -0.05) is 0 Å². The summed E-state index contributed by atoms with van der Waals surface area (Å²) in [5.41, 5.74) is 5.79. The molecule has 2 amide bonds. The molecule has 0 radical (unpaired) electrons. The molecule has 7 nitrogen and oxygen atoms in total. The topological polar surface area (TPSA) is 104 Å². The van der Waals surface area contributed by atoms with Crippen molar-refractivity contribution in [3.8, 4) is 11.6 Å². The first-order valence-electron chi connectivity index (χ1n) is 8.25. The molecule has 25 heavy (non-hydrogen) atoms. The molecule has 132 valence electrons. The van der Waals surface area contributed by atoms with Gasteiger partial charge in [0, 0.05) is 18.0 Å². The summed E-state index contributed by atoms with van der Waals surface area (Å²) in [6.07, 6.45) is 2.77. The van der Waals surface area contributed by atoms with Crippen molar-refractivity contribution in [2.24, 2.45) is 5.73 Å². The van der Waals surface area contributed by atoms with Crippen LogP contribution >= 0.6 is 0 Å². The van der Waals surface area contributed by atoms with E-state index >= 15 is 0 Å². The van der Waals surface area contributed by atoms with Crippen LogP contribution in [0.5, 0.6) is 11.6 Å². The molecule has 2 heterocycles. The zero-order valence-corrected chi connectivity index (χ0v) is 14.2. The van der Waals surface area contributed by atoms with Crippen molar-refractivity contribution in [3.63, 3.8) is 0 Å². The molecule has 1 aromatic carbocycles. The lowest BCUT2D eigenvalue weighted by molar-refractivity contribution is -0.119. The second-order valence-corrected chi connectivity index (χ2v) is 6.33. The highest BCUT2D eigenvalue weighted by Crippen LogP contribution is 2.31.